The summed E-state index contributed by atoms with van der Waals surface area (Å²) < 4.78 is 0. The molecule has 2 amide bonds. The van der Waals surface area contributed by atoms with E-state index in [9.17, 15) is 9.59 Å². The molecule has 5 nitrogen and oxygen atoms in total. The van der Waals surface area contributed by atoms with Gasteiger partial charge >= 0.3 is 0 Å². The number of nitrogens with zero attached hydrogens (tertiary/aromatic N) is 1. The summed E-state index contributed by atoms with van der Waals surface area (Å²) in [4.78, 5) is 26.3. The molecule has 0 spiro atoms. The summed E-state index contributed by atoms with van der Waals surface area (Å²) in [5.74, 6) is 0.777. The molecule has 3 rings (SSSR count). The van der Waals surface area contributed by atoms with Crippen LogP contribution in [0, 0.1) is 5.92 Å². The van der Waals surface area contributed by atoms with E-state index in [0.717, 1.165) is 29.4 Å². The van der Waals surface area contributed by atoms with E-state index >= 15 is 0 Å². The number of nitrogens with one attached hydrogen (secondary N) is 2. The van der Waals surface area contributed by atoms with E-state index in [2.05, 4.69) is 10.6 Å². The summed E-state index contributed by atoms with van der Waals surface area (Å²) in [6, 6.07) is 17.2. The molecule has 1 saturated carbocycles. The van der Waals surface area contributed by atoms with Crippen LogP contribution in [0.2, 0.25) is 0 Å². The van der Waals surface area contributed by atoms with Crippen LogP contribution in [0.15, 0.2) is 54.6 Å². The third-order valence-electron chi connectivity index (χ3n) is 4.69. The molecule has 0 atom stereocenters. The zero-order chi connectivity index (χ0) is 19.1. The Balaban J connectivity index is 1.50. The largest absolute Gasteiger partial charge is 0.325 e. The van der Waals surface area contributed by atoms with Gasteiger partial charge in [0.2, 0.25) is 11.8 Å². The van der Waals surface area contributed by atoms with Crippen LogP contribution >= 0.6 is 0 Å². The van der Waals surface area contributed by atoms with Gasteiger partial charge in [0.1, 0.15) is 0 Å². The predicted molar refractivity (Wildman–Crippen MR) is 109 cm³/mol. The molecule has 0 aliphatic heterocycles. The Kier molecular flexibility index (Phi) is 6.60. The fourth-order valence-corrected chi connectivity index (χ4v) is 3.00. The Labute approximate surface area is 160 Å². The molecule has 0 heterocycles. The second kappa shape index (κ2) is 9.33. The maximum atomic E-state index is 12.6. The lowest BCUT2D eigenvalue weighted by atomic mass is 10.1. The molecule has 1 aliphatic rings. The number of para-hydroxylation sites is 1. The molecule has 0 radical (unpaired) electrons. The van der Waals surface area contributed by atoms with Crippen LogP contribution in [0.5, 0.6) is 0 Å². The second-order valence-electron chi connectivity index (χ2n) is 6.97. The van der Waals surface area contributed by atoms with Gasteiger partial charge in [-0.2, -0.15) is 0 Å². The number of anilines is 2. The predicted octanol–water partition coefficient (Wildman–Crippen LogP) is 3.22. The number of carbonyl (C=O) groups excluding carboxylic acids is 2. The van der Waals surface area contributed by atoms with Crippen molar-refractivity contribution < 1.29 is 9.59 Å². The number of hydrogen-bond acceptors (Lipinski definition) is 3. The fraction of sp³-hybridized carbons (Fsp3) is 0.364. The molecule has 0 aromatic heterocycles. The monoisotopic (exact) mass is 365 g/mol. The summed E-state index contributed by atoms with van der Waals surface area (Å²) in [7, 11) is 0. The van der Waals surface area contributed by atoms with Gasteiger partial charge in [0, 0.05) is 17.9 Å². The minimum Gasteiger partial charge on any atom is -0.325 e. The minimum atomic E-state index is -0.0410. The highest BCUT2D eigenvalue weighted by molar-refractivity contribution is 5.95. The average molecular weight is 365 g/mol. The number of amides is 2. The van der Waals surface area contributed by atoms with E-state index in [1.165, 1.54) is 12.8 Å². The van der Waals surface area contributed by atoms with Crippen molar-refractivity contribution in [2.45, 2.75) is 26.2 Å². The number of benzene rings is 2. The normalized spacial score (nSPS) is 13.2. The third kappa shape index (κ3) is 5.93. The molecule has 142 valence electrons. The first-order valence-electron chi connectivity index (χ1n) is 9.60. The van der Waals surface area contributed by atoms with E-state index in [1.807, 2.05) is 61.5 Å². The van der Waals surface area contributed by atoms with Crippen molar-refractivity contribution in [3.05, 3.63) is 60.2 Å². The first-order valence-corrected chi connectivity index (χ1v) is 9.60. The first kappa shape index (κ1) is 19.1. The van der Waals surface area contributed by atoms with E-state index < -0.39 is 0 Å². The van der Waals surface area contributed by atoms with Crippen LogP contribution in [0.3, 0.4) is 0 Å². The molecule has 0 unspecified atom stereocenters. The van der Waals surface area contributed by atoms with Crippen LogP contribution in [-0.2, 0) is 16.0 Å². The lowest BCUT2D eigenvalue weighted by Gasteiger charge is -2.21. The molecule has 5 heteroatoms. The number of hydrogen-bond donors (Lipinski definition) is 2. The smallest absolute Gasteiger partial charge is 0.238 e. The number of likely N-dealkylation sites (N-methyl/N-ethyl adjacent to an activating group) is 1. The molecule has 2 N–H and O–H groups in total. The summed E-state index contributed by atoms with van der Waals surface area (Å²) in [5, 5.41) is 6.06. The van der Waals surface area contributed by atoms with Gasteiger partial charge in [-0.15, -0.1) is 0 Å². The van der Waals surface area contributed by atoms with Crippen LogP contribution in [-0.4, -0.2) is 31.4 Å². The highest BCUT2D eigenvalue weighted by atomic mass is 16.2. The van der Waals surface area contributed by atoms with Crippen molar-refractivity contribution in [3.8, 4) is 0 Å². The molecular weight excluding hydrogens is 338 g/mol. The second-order valence-corrected chi connectivity index (χ2v) is 6.97. The van der Waals surface area contributed by atoms with Gasteiger partial charge in [0.15, 0.2) is 0 Å². The summed E-state index contributed by atoms with van der Waals surface area (Å²) in [6.45, 7) is 3.86. The van der Waals surface area contributed by atoms with Gasteiger partial charge in [-0.1, -0.05) is 30.3 Å². The zero-order valence-electron chi connectivity index (χ0n) is 15.8. The van der Waals surface area contributed by atoms with Gasteiger partial charge in [0.05, 0.1) is 13.0 Å². The Morgan fingerprint density at radius 3 is 2.37 bits per heavy atom. The first-order chi connectivity index (χ1) is 13.2. The van der Waals surface area contributed by atoms with Crippen LogP contribution in [0.1, 0.15) is 25.3 Å². The van der Waals surface area contributed by atoms with Crippen LogP contribution in [0.4, 0.5) is 11.4 Å². The average Bonchev–Trinajstić information content (AvgIpc) is 3.49. The van der Waals surface area contributed by atoms with Crippen molar-refractivity contribution in [1.82, 2.24) is 5.32 Å². The molecule has 1 aliphatic carbocycles. The van der Waals surface area contributed by atoms with Crippen LogP contribution in [0.25, 0.3) is 0 Å². The summed E-state index contributed by atoms with van der Waals surface area (Å²) >= 11 is 0. The van der Waals surface area contributed by atoms with Crippen molar-refractivity contribution in [2.24, 2.45) is 5.92 Å². The van der Waals surface area contributed by atoms with Gasteiger partial charge in [0.25, 0.3) is 0 Å². The lowest BCUT2D eigenvalue weighted by molar-refractivity contribution is -0.118. The molecule has 1 fully saturated rings. The van der Waals surface area contributed by atoms with Gasteiger partial charge in [-0.25, -0.2) is 0 Å². The molecule has 27 heavy (non-hydrogen) atoms. The Morgan fingerprint density at radius 2 is 1.74 bits per heavy atom. The highest BCUT2D eigenvalue weighted by Gasteiger charge is 2.20. The standard InChI is InChI=1S/C22H27N3O2/c1-2-25(20-6-4-3-5-7-20)22(27)14-17-10-12-19(13-11-17)24-21(26)16-23-15-18-8-9-18/h3-7,10-13,18,23H,2,8-9,14-16H2,1H3,(H,24,26). The van der Waals surface area contributed by atoms with E-state index in [-0.39, 0.29) is 11.8 Å². The lowest BCUT2D eigenvalue weighted by Crippen LogP contribution is -2.32. The zero-order valence-corrected chi connectivity index (χ0v) is 15.8. The van der Waals surface area contributed by atoms with E-state index in [4.69, 9.17) is 0 Å². The Hall–Kier alpha value is -2.66. The quantitative estimate of drug-likeness (QED) is 0.717. The molecule has 0 bridgehead atoms. The highest BCUT2D eigenvalue weighted by Crippen LogP contribution is 2.27. The van der Waals surface area contributed by atoms with E-state index in [1.54, 1.807) is 4.90 Å². The maximum absolute atomic E-state index is 12.6. The molecule has 0 saturated heterocycles. The topological polar surface area (TPSA) is 61.4 Å². The third-order valence-corrected chi connectivity index (χ3v) is 4.69. The van der Waals surface area contributed by atoms with Gasteiger partial charge in [-0.05, 0) is 62.1 Å². The van der Waals surface area contributed by atoms with Crippen LogP contribution < -0.4 is 15.5 Å². The summed E-state index contributed by atoms with van der Waals surface area (Å²) in [5.41, 5.74) is 2.59. The number of rotatable bonds is 9. The van der Waals surface area contributed by atoms with Crippen molar-refractivity contribution in [2.75, 3.05) is 29.9 Å². The maximum Gasteiger partial charge on any atom is 0.238 e. The fourth-order valence-electron chi connectivity index (χ4n) is 3.00. The molecule has 2 aromatic rings. The van der Waals surface area contributed by atoms with E-state index in [0.29, 0.717) is 19.5 Å². The van der Waals surface area contributed by atoms with Crippen molar-refractivity contribution in [1.29, 1.82) is 0 Å². The molecular formula is C22H27N3O2. The SMILES string of the molecule is CCN(C(=O)Cc1ccc(NC(=O)CNCC2CC2)cc1)c1ccccc1. The van der Waals surface area contributed by atoms with Crippen molar-refractivity contribution in [3.63, 3.8) is 0 Å². The van der Waals surface area contributed by atoms with Gasteiger partial charge < -0.3 is 15.5 Å². The Bertz CT molecular complexity index is 755. The van der Waals surface area contributed by atoms with Crippen molar-refractivity contribution >= 4 is 23.2 Å². The minimum absolute atomic E-state index is 0.0410. The summed E-state index contributed by atoms with van der Waals surface area (Å²) in [6.07, 6.45) is 2.88. The van der Waals surface area contributed by atoms with Gasteiger partial charge in [-0.3, -0.25) is 9.59 Å². The number of carbonyl (C=O) groups is 2. The Morgan fingerprint density at radius 1 is 1.04 bits per heavy atom. The molecule has 2 aromatic carbocycles.